The fourth-order valence-corrected chi connectivity index (χ4v) is 4.85. The average molecular weight is 406 g/mol. The van der Waals surface area contributed by atoms with Gasteiger partial charge in [0.15, 0.2) is 0 Å². The number of nitrogens with zero attached hydrogens (tertiary/aromatic N) is 1. The van der Waals surface area contributed by atoms with Crippen molar-refractivity contribution in [3.8, 4) is 11.1 Å². The standard InChI is InChI=1S/C22H25F2NO2S/c1-22(2,10-4-9-19(26)27)20-17(23)12-14(13-18(20)24)16-8-5-11-25-21(16)28-15-6-3-7-15/h5,8,11-13,15H,3-4,6-7,9-10H2,1-2H3,(H,26,27). The summed E-state index contributed by atoms with van der Waals surface area (Å²) < 4.78 is 29.9. The largest absolute Gasteiger partial charge is 0.481 e. The number of thioether (sulfide) groups is 1. The van der Waals surface area contributed by atoms with Crippen LogP contribution in [0.15, 0.2) is 35.5 Å². The van der Waals surface area contributed by atoms with Crippen LogP contribution >= 0.6 is 11.8 Å². The van der Waals surface area contributed by atoms with Crippen molar-refractivity contribution in [1.29, 1.82) is 0 Å². The minimum atomic E-state index is -0.903. The molecule has 6 heteroatoms. The first-order chi connectivity index (χ1) is 13.3. The molecule has 3 nitrogen and oxygen atoms in total. The Labute approximate surface area is 168 Å². The fourth-order valence-electron chi connectivity index (χ4n) is 3.53. The molecule has 1 N–H and O–H groups in total. The van der Waals surface area contributed by atoms with Gasteiger partial charge in [0, 0.05) is 29.0 Å². The number of carboxylic acids is 1. The molecule has 0 bridgehead atoms. The lowest BCUT2D eigenvalue weighted by atomic mass is 9.79. The Hall–Kier alpha value is -1.95. The number of pyridine rings is 1. The summed E-state index contributed by atoms with van der Waals surface area (Å²) in [5, 5.41) is 10.1. The first-order valence-electron chi connectivity index (χ1n) is 9.61. The highest BCUT2D eigenvalue weighted by atomic mass is 32.2. The Morgan fingerprint density at radius 2 is 1.96 bits per heavy atom. The zero-order chi connectivity index (χ0) is 20.3. The molecule has 28 heavy (non-hydrogen) atoms. The molecule has 2 aromatic rings. The Morgan fingerprint density at radius 3 is 2.54 bits per heavy atom. The van der Waals surface area contributed by atoms with Crippen LogP contribution in [0.4, 0.5) is 8.78 Å². The summed E-state index contributed by atoms with van der Waals surface area (Å²) in [5.74, 6) is -2.10. The summed E-state index contributed by atoms with van der Waals surface area (Å²) in [6.07, 6.45) is 5.96. The highest BCUT2D eigenvalue weighted by Crippen LogP contribution is 2.41. The zero-order valence-corrected chi connectivity index (χ0v) is 17.0. The van der Waals surface area contributed by atoms with Gasteiger partial charge in [-0.3, -0.25) is 4.79 Å². The minimum absolute atomic E-state index is 0.0117. The van der Waals surface area contributed by atoms with Crippen LogP contribution in [0, 0.1) is 11.6 Å². The van der Waals surface area contributed by atoms with Gasteiger partial charge in [0.1, 0.15) is 16.7 Å². The van der Waals surface area contributed by atoms with Crippen molar-refractivity contribution in [3.05, 3.63) is 47.7 Å². The lowest BCUT2D eigenvalue weighted by Crippen LogP contribution is -2.21. The number of halogens is 2. The number of benzene rings is 1. The van der Waals surface area contributed by atoms with Gasteiger partial charge in [-0.2, -0.15) is 0 Å². The van der Waals surface area contributed by atoms with E-state index in [1.165, 1.54) is 18.6 Å². The maximum absolute atomic E-state index is 15.0. The third kappa shape index (κ3) is 4.72. The van der Waals surface area contributed by atoms with E-state index < -0.39 is 23.0 Å². The molecule has 0 aliphatic heterocycles. The monoisotopic (exact) mass is 405 g/mol. The van der Waals surface area contributed by atoms with Crippen LogP contribution in [0.3, 0.4) is 0 Å². The van der Waals surface area contributed by atoms with Crippen LogP contribution in [-0.4, -0.2) is 21.3 Å². The molecule has 1 saturated carbocycles. The smallest absolute Gasteiger partial charge is 0.303 e. The SMILES string of the molecule is CC(C)(CCCC(=O)O)c1c(F)cc(-c2cccnc2SC2CCC2)cc1F. The maximum atomic E-state index is 15.0. The number of carboxylic acid groups (broad SMARTS) is 1. The normalized spacial score (nSPS) is 14.7. The minimum Gasteiger partial charge on any atom is -0.481 e. The summed E-state index contributed by atoms with van der Waals surface area (Å²) in [4.78, 5) is 15.2. The molecule has 1 aromatic carbocycles. The number of rotatable bonds is 8. The van der Waals surface area contributed by atoms with Crippen molar-refractivity contribution in [2.45, 2.75) is 68.1 Å². The molecule has 1 heterocycles. The van der Waals surface area contributed by atoms with Gasteiger partial charge in [-0.25, -0.2) is 13.8 Å². The third-order valence-corrected chi connectivity index (χ3v) is 6.68. The molecule has 0 unspecified atom stereocenters. The van der Waals surface area contributed by atoms with Gasteiger partial charge >= 0.3 is 5.97 Å². The summed E-state index contributed by atoms with van der Waals surface area (Å²) in [6.45, 7) is 3.50. The van der Waals surface area contributed by atoms with Crippen molar-refractivity contribution >= 4 is 17.7 Å². The van der Waals surface area contributed by atoms with Gasteiger partial charge in [-0.15, -0.1) is 11.8 Å². The van der Waals surface area contributed by atoms with E-state index in [0.29, 0.717) is 23.7 Å². The number of carbonyl (C=O) groups is 1. The van der Waals surface area contributed by atoms with Crippen molar-refractivity contribution in [2.75, 3.05) is 0 Å². The first kappa shape index (κ1) is 20.8. The first-order valence-corrected chi connectivity index (χ1v) is 10.5. The van der Waals surface area contributed by atoms with E-state index in [0.717, 1.165) is 23.4 Å². The molecule has 1 fully saturated rings. The number of hydrogen-bond donors (Lipinski definition) is 1. The molecule has 0 radical (unpaired) electrons. The van der Waals surface area contributed by atoms with Crippen LogP contribution in [0.2, 0.25) is 0 Å². The molecule has 1 aliphatic rings. The van der Waals surface area contributed by atoms with E-state index in [2.05, 4.69) is 4.98 Å². The molecule has 1 aromatic heterocycles. The Balaban J connectivity index is 1.89. The number of hydrogen-bond acceptors (Lipinski definition) is 3. The summed E-state index contributed by atoms with van der Waals surface area (Å²) in [7, 11) is 0. The zero-order valence-electron chi connectivity index (χ0n) is 16.2. The van der Waals surface area contributed by atoms with Gasteiger partial charge in [0.25, 0.3) is 0 Å². The molecule has 150 valence electrons. The lowest BCUT2D eigenvalue weighted by Gasteiger charge is -2.27. The van der Waals surface area contributed by atoms with Crippen LogP contribution < -0.4 is 0 Å². The van der Waals surface area contributed by atoms with E-state index >= 15 is 0 Å². The van der Waals surface area contributed by atoms with E-state index in [1.54, 1.807) is 37.9 Å². The van der Waals surface area contributed by atoms with Crippen molar-refractivity contribution in [1.82, 2.24) is 4.98 Å². The lowest BCUT2D eigenvalue weighted by molar-refractivity contribution is -0.137. The Kier molecular flexibility index (Phi) is 6.38. The van der Waals surface area contributed by atoms with Crippen LogP contribution in [0.25, 0.3) is 11.1 Å². The molecule has 0 saturated heterocycles. The number of aromatic nitrogens is 1. The highest BCUT2D eigenvalue weighted by molar-refractivity contribution is 8.00. The van der Waals surface area contributed by atoms with E-state index in [-0.39, 0.29) is 12.0 Å². The molecule has 0 spiro atoms. The second kappa shape index (κ2) is 8.60. The average Bonchev–Trinajstić information content (AvgIpc) is 2.57. The highest BCUT2D eigenvalue weighted by Gasteiger charge is 2.29. The fraction of sp³-hybridized carbons (Fsp3) is 0.455. The van der Waals surface area contributed by atoms with Crippen molar-refractivity contribution < 1.29 is 18.7 Å². The van der Waals surface area contributed by atoms with Gasteiger partial charge in [0.05, 0.1) is 0 Å². The molecule has 0 atom stereocenters. The maximum Gasteiger partial charge on any atom is 0.303 e. The quantitative estimate of drug-likeness (QED) is 0.568. The molecule has 1 aliphatic carbocycles. The Morgan fingerprint density at radius 1 is 1.29 bits per heavy atom. The molecular formula is C22H25F2NO2S. The van der Waals surface area contributed by atoms with E-state index in [9.17, 15) is 13.6 Å². The summed E-state index contributed by atoms with van der Waals surface area (Å²) >= 11 is 1.68. The van der Waals surface area contributed by atoms with Crippen molar-refractivity contribution in [2.24, 2.45) is 0 Å². The van der Waals surface area contributed by atoms with Crippen molar-refractivity contribution in [3.63, 3.8) is 0 Å². The van der Waals surface area contributed by atoms with Crippen LogP contribution in [0.5, 0.6) is 0 Å². The second-order valence-electron chi connectivity index (χ2n) is 7.97. The van der Waals surface area contributed by atoms with Gasteiger partial charge in [0.2, 0.25) is 0 Å². The van der Waals surface area contributed by atoms with Gasteiger partial charge < -0.3 is 5.11 Å². The van der Waals surface area contributed by atoms with Gasteiger partial charge in [-0.1, -0.05) is 26.3 Å². The van der Waals surface area contributed by atoms with Crippen LogP contribution in [-0.2, 0) is 10.2 Å². The predicted octanol–water partition coefficient (Wildman–Crippen LogP) is 6.20. The summed E-state index contributed by atoms with van der Waals surface area (Å²) in [5.41, 5.74) is 0.446. The Bertz CT molecular complexity index is 842. The molecular weight excluding hydrogens is 380 g/mol. The number of aliphatic carboxylic acids is 1. The van der Waals surface area contributed by atoms with Crippen LogP contribution in [0.1, 0.15) is 57.9 Å². The predicted molar refractivity (Wildman–Crippen MR) is 108 cm³/mol. The van der Waals surface area contributed by atoms with E-state index in [1.807, 2.05) is 6.07 Å². The topological polar surface area (TPSA) is 50.2 Å². The third-order valence-electron chi connectivity index (χ3n) is 5.32. The summed E-state index contributed by atoms with van der Waals surface area (Å²) in [6, 6.07) is 6.37. The van der Waals surface area contributed by atoms with Gasteiger partial charge in [-0.05, 0) is 54.9 Å². The van der Waals surface area contributed by atoms with E-state index in [4.69, 9.17) is 5.11 Å². The second-order valence-corrected chi connectivity index (χ2v) is 9.26. The molecule has 0 amide bonds. The molecule has 3 rings (SSSR count).